The molecule has 0 aliphatic heterocycles. The number of hydrogen-bond donors (Lipinski definition) is 1. The third-order valence-electron chi connectivity index (χ3n) is 5.05. The van der Waals surface area contributed by atoms with Crippen molar-refractivity contribution >= 4 is 23.2 Å². The predicted molar refractivity (Wildman–Crippen MR) is 117 cm³/mol. The van der Waals surface area contributed by atoms with Crippen molar-refractivity contribution in [2.24, 2.45) is 0 Å². The summed E-state index contributed by atoms with van der Waals surface area (Å²) in [5, 5.41) is 10.2. The lowest BCUT2D eigenvalue weighted by Crippen LogP contribution is -2.40. The maximum atomic E-state index is 14.6. The fourth-order valence-corrected chi connectivity index (χ4v) is 3.63. The van der Waals surface area contributed by atoms with Gasteiger partial charge in [0.15, 0.2) is 0 Å². The maximum absolute atomic E-state index is 14.6. The van der Waals surface area contributed by atoms with E-state index in [-0.39, 0.29) is 10.0 Å². The topological polar surface area (TPSA) is 64.2 Å². The molecule has 3 aromatic rings. The van der Waals surface area contributed by atoms with Crippen LogP contribution in [0.25, 0.3) is 0 Å². The lowest BCUT2D eigenvalue weighted by atomic mass is 10.1. The number of rotatable bonds is 8. The third kappa shape index (κ3) is 5.78. The van der Waals surface area contributed by atoms with Gasteiger partial charge in [-0.25, -0.2) is 22.4 Å². The van der Waals surface area contributed by atoms with Crippen molar-refractivity contribution in [2.75, 3.05) is 0 Å². The Kier molecular flexibility index (Phi) is 7.23. The molecule has 1 heterocycles. The normalized spacial score (nSPS) is 12.2. The highest BCUT2D eigenvalue weighted by molar-refractivity contribution is 6.30. The van der Waals surface area contributed by atoms with Gasteiger partial charge in [0.2, 0.25) is 5.88 Å². The highest BCUT2D eigenvalue weighted by Crippen LogP contribution is 2.34. The fraction of sp³-hybridized carbons (Fsp3) is 0.273. The van der Waals surface area contributed by atoms with Crippen molar-refractivity contribution in [3.05, 3.63) is 96.6 Å². The van der Waals surface area contributed by atoms with Gasteiger partial charge in [0, 0.05) is 47.1 Å². The first-order valence-electron chi connectivity index (χ1n) is 9.72. The van der Waals surface area contributed by atoms with Crippen LogP contribution in [0.15, 0.2) is 64.2 Å². The summed E-state index contributed by atoms with van der Waals surface area (Å²) in [5.74, 6) is -7.67. The Morgan fingerprint density at radius 2 is 1.21 bits per heavy atom. The number of aromatic hydroxyl groups is 1. The van der Waals surface area contributed by atoms with E-state index >= 15 is 0 Å². The van der Waals surface area contributed by atoms with E-state index < -0.39 is 66.0 Å². The Hall–Kier alpha value is -2.78. The summed E-state index contributed by atoms with van der Waals surface area (Å²) in [7, 11) is 0. The molecule has 3 rings (SSSR count). The molecule has 0 aliphatic rings. The Balaban J connectivity index is 1.83. The van der Waals surface area contributed by atoms with E-state index in [2.05, 4.69) is 0 Å². The standard InChI is InChI=1S/C22H18Cl2F4N2O3/c23-16-5-1-3-14(11-16)21(25,26)7-9-29-18(31)13-19(32)30(20(29)33)10-8-22(27,28)15-4-2-6-17(24)12-15/h1-6,11-13,31H,7-10H2. The van der Waals surface area contributed by atoms with Crippen LogP contribution in [0.4, 0.5) is 17.6 Å². The molecule has 0 aliphatic carbocycles. The van der Waals surface area contributed by atoms with Gasteiger partial charge in [-0.2, -0.15) is 0 Å². The smallest absolute Gasteiger partial charge is 0.333 e. The largest absolute Gasteiger partial charge is 0.494 e. The van der Waals surface area contributed by atoms with Crippen LogP contribution < -0.4 is 11.2 Å². The molecule has 5 nitrogen and oxygen atoms in total. The number of nitrogens with zero attached hydrogens (tertiary/aromatic N) is 2. The molecular weight excluding hydrogens is 487 g/mol. The molecule has 33 heavy (non-hydrogen) atoms. The van der Waals surface area contributed by atoms with Gasteiger partial charge in [0.1, 0.15) is 0 Å². The van der Waals surface area contributed by atoms with Crippen molar-refractivity contribution < 1.29 is 22.7 Å². The van der Waals surface area contributed by atoms with Crippen LogP contribution in [0.1, 0.15) is 24.0 Å². The summed E-state index contributed by atoms with van der Waals surface area (Å²) in [6.45, 7) is -1.38. The first-order valence-corrected chi connectivity index (χ1v) is 10.5. The van der Waals surface area contributed by atoms with E-state index in [0.717, 1.165) is 24.3 Å². The molecule has 0 saturated carbocycles. The minimum atomic E-state index is -3.42. The zero-order chi connectivity index (χ0) is 24.4. The van der Waals surface area contributed by atoms with Crippen LogP contribution in [-0.4, -0.2) is 14.2 Å². The van der Waals surface area contributed by atoms with E-state index in [4.69, 9.17) is 23.2 Å². The zero-order valence-electron chi connectivity index (χ0n) is 17.0. The van der Waals surface area contributed by atoms with E-state index in [9.17, 15) is 32.3 Å². The van der Waals surface area contributed by atoms with Crippen LogP contribution in [-0.2, 0) is 24.9 Å². The molecule has 0 spiro atoms. The highest BCUT2D eigenvalue weighted by atomic mass is 35.5. The summed E-state index contributed by atoms with van der Waals surface area (Å²) in [4.78, 5) is 24.8. The number of alkyl halides is 4. The zero-order valence-corrected chi connectivity index (χ0v) is 18.5. The van der Waals surface area contributed by atoms with Crippen molar-refractivity contribution in [3.8, 4) is 5.88 Å². The van der Waals surface area contributed by atoms with Crippen molar-refractivity contribution in [1.82, 2.24) is 9.13 Å². The van der Waals surface area contributed by atoms with Gasteiger partial charge in [-0.15, -0.1) is 0 Å². The summed E-state index contributed by atoms with van der Waals surface area (Å²) < 4.78 is 59.2. The molecule has 176 valence electrons. The molecule has 0 radical (unpaired) electrons. The van der Waals surface area contributed by atoms with Gasteiger partial charge in [-0.05, 0) is 24.3 Å². The Bertz CT molecular complexity index is 1270. The third-order valence-corrected chi connectivity index (χ3v) is 5.52. The van der Waals surface area contributed by atoms with Gasteiger partial charge in [0.05, 0.1) is 6.07 Å². The summed E-state index contributed by atoms with van der Waals surface area (Å²) >= 11 is 11.5. The van der Waals surface area contributed by atoms with Gasteiger partial charge < -0.3 is 5.11 Å². The molecule has 11 heteroatoms. The first-order chi connectivity index (χ1) is 15.4. The molecule has 1 N–H and O–H groups in total. The van der Waals surface area contributed by atoms with Crippen molar-refractivity contribution in [3.63, 3.8) is 0 Å². The maximum Gasteiger partial charge on any atom is 0.333 e. The number of hydrogen-bond acceptors (Lipinski definition) is 3. The molecule has 2 aromatic carbocycles. The second-order valence-electron chi connectivity index (χ2n) is 7.36. The van der Waals surface area contributed by atoms with Crippen molar-refractivity contribution in [1.29, 1.82) is 0 Å². The van der Waals surface area contributed by atoms with Gasteiger partial charge in [-0.3, -0.25) is 13.9 Å². The van der Waals surface area contributed by atoms with Crippen LogP contribution in [0.2, 0.25) is 10.0 Å². The minimum Gasteiger partial charge on any atom is -0.494 e. The molecule has 0 unspecified atom stereocenters. The molecule has 0 atom stereocenters. The number of aromatic nitrogens is 2. The molecule has 1 aromatic heterocycles. The summed E-state index contributed by atoms with van der Waals surface area (Å²) in [6.07, 6.45) is -1.83. The molecule has 0 bridgehead atoms. The number of benzene rings is 2. The minimum absolute atomic E-state index is 0.0944. The van der Waals surface area contributed by atoms with Gasteiger partial charge >= 0.3 is 5.69 Å². The second-order valence-corrected chi connectivity index (χ2v) is 8.23. The fourth-order valence-electron chi connectivity index (χ4n) is 3.25. The molecule has 0 amide bonds. The van der Waals surface area contributed by atoms with Gasteiger partial charge in [0.25, 0.3) is 17.4 Å². The van der Waals surface area contributed by atoms with Crippen LogP contribution in [0.3, 0.4) is 0 Å². The Labute approximate surface area is 195 Å². The lowest BCUT2D eigenvalue weighted by Gasteiger charge is -2.20. The quantitative estimate of drug-likeness (QED) is 0.418. The molecule has 0 fully saturated rings. The van der Waals surface area contributed by atoms with E-state index in [1.54, 1.807) is 0 Å². The molecular formula is C22H18Cl2F4N2O3. The first kappa shape index (κ1) is 24.9. The average molecular weight is 505 g/mol. The monoisotopic (exact) mass is 504 g/mol. The number of halogens is 6. The SMILES string of the molecule is O=c1cc(O)n(CCC(F)(F)c2cccc(Cl)c2)c(=O)n1CCC(F)(F)c1cccc(Cl)c1. The van der Waals surface area contributed by atoms with E-state index in [1.165, 1.54) is 24.3 Å². The summed E-state index contributed by atoms with van der Waals surface area (Å²) in [6, 6.07) is 10.6. The highest BCUT2D eigenvalue weighted by Gasteiger charge is 2.33. The van der Waals surface area contributed by atoms with Crippen LogP contribution in [0.5, 0.6) is 5.88 Å². The van der Waals surface area contributed by atoms with E-state index in [1.807, 2.05) is 0 Å². The average Bonchev–Trinajstić information content (AvgIpc) is 2.73. The Morgan fingerprint density at radius 3 is 1.67 bits per heavy atom. The van der Waals surface area contributed by atoms with E-state index in [0.29, 0.717) is 15.2 Å². The summed E-state index contributed by atoms with van der Waals surface area (Å²) in [5.41, 5.74) is -3.00. The van der Waals surface area contributed by atoms with Crippen molar-refractivity contribution in [2.45, 2.75) is 37.8 Å². The molecule has 0 saturated heterocycles. The van der Waals surface area contributed by atoms with Crippen LogP contribution in [0, 0.1) is 0 Å². The predicted octanol–water partition coefficient (Wildman–Crippen LogP) is 5.39. The van der Waals surface area contributed by atoms with Crippen LogP contribution >= 0.6 is 23.2 Å². The lowest BCUT2D eigenvalue weighted by molar-refractivity contribution is -0.0193. The Morgan fingerprint density at radius 1 is 0.758 bits per heavy atom. The second kappa shape index (κ2) is 9.61. The van der Waals surface area contributed by atoms with Gasteiger partial charge in [-0.1, -0.05) is 47.5 Å².